The largest absolute Gasteiger partial charge is 0.363 e. The smallest absolute Gasteiger partial charge is 0.125 e. The van der Waals surface area contributed by atoms with Crippen LogP contribution in [0.2, 0.25) is 5.02 Å². The van der Waals surface area contributed by atoms with Gasteiger partial charge in [0.25, 0.3) is 0 Å². The molecule has 0 amide bonds. The molecule has 1 atom stereocenters. The molecular weight excluding hydrogens is 355 g/mol. The van der Waals surface area contributed by atoms with Gasteiger partial charge in [-0.15, -0.1) is 0 Å². The summed E-state index contributed by atoms with van der Waals surface area (Å²) in [7, 11) is 0. The Morgan fingerprint density at radius 3 is 2.62 bits per heavy atom. The number of hydrogen-bond acceptors (Lipinski definition) is 2. The standard InChI is InChI=1S/C16H17BrClFN2/c1-2-21(13-5-3-4-12(19)9-13)16(10-20)14-7-6-11(17)8-15(14)18/h3-9,16H,2,10,20H2,1H3. The Balaban J connectivity index is 2.42. The van der Waals surface area contributed by atoms with Crippen molar-refractivity contribution in [2.75, 3.05) is 18.0 Å². The Bertz CT molecular complexity index is 621. The van der Waals surface area contributed by atoms with E-state index in [4.69, 9.17) is 17.3 Å². The van der Waals surface area contributed by atoms with Gasteiger partial charge in [-0.3, -0.25) is 0 Å². The van der Waals surface area contributed by atoms with Crippen LogP contribution < -0.4 is 10.6 Å². The molecule has 21 heavy (non-hydrogen) atoms. The SMILES string of the molecule is CCN(c1cccc(F)c1)C(CN)c1ccc(Br)cc1Cl. The lowest BCUT2D eigenvalue weighted by atomic mass is 10.0. The summed E-state index contributed by atoms with van der Waals surface area (Å²) in [4.78, 5) is 2.05. The van der Waals surface area contributed by atoms with Gasteiger partial charge in [-0.2, -0.15) is 0 Å². The van der Waals surface area contributed by atoms with Crippen molar-refractivity contribution < 1.29 is 4.39 Å². The van der Waals surface area contributed by atoms with E-state index in [1.807, 2.05) is 31.2 Å². The third-order valence-electron chi connectivity index (χ3n) is 3.40. The van der Waals surface area contributed by atoms with E-state index in [0.29, 0.717) is 18.1 Å². The first-order chi connectivity index (χ1) is 10.1. The third kappa shape index (κ3) is 3.76. The lowest BCUT2D eigenvalue weighted by Crippen LogP contribution is -2.34. The number of rotatable bonds is 5. The van der Waals surface area contributed by atoms with Crippen molar-refractivity contribution in [1.29, 1.82) is 0 Å². The highest BCUT2D eigenvalue weighted by Gasteiger charge is 2.21. The molecule has 5 heteroatoms. The summed E-state index contributed by atoms with van der Waals surface area (Å²) in [6.45, 7) is 3.11. The lowest BCUT2D eigenvalue weighted by Gasteiger charge is -2.33. The molecule has 1 unspecified atom stereocenters. The highest BCUT2D eigenvalue weighted by atomic mass is 79.9. The fraction of sp³-hybridized carbons (Fsp3) is 0.250. The van der Waals surface area contributed by atoms with Gasteiger partial charge in [-0.25, -0.2) is 4.39 Å². The maximum atomic E-state index is 13.5. The van der Waals surface area contributed by atoms with Crippen LogP contribution in [0.25, 0.3) is 0 Å². The first-order valence-corrected chi connectivity index (χ1v) is 7.91. The van der Waals surface area contributed by atoms with E-state index < -0.39 is 0 Å². The minimum absolute atomic E-state index is 0.0996. The van der Waals surface area contributed by atoms with Crippen LogP contribution in [0.5, 0.6) is 0 Å². The number of hydrogen-bond donors (Lipinski definition) is 1. The number of benzene rings is 2. The van der Waals surface area contributed by atoms with E-state index in [2.05, 4.69) is 20.8 Å². The minimum Gasteiger partial charge on any atom is -0.363 e. The predicted octanol–water partition coefficient (Wildman–Crippen LogP) is 4.77. The summed E-state index contributed by atoms with van der Waals surface area (Å²) in [5.74, 6) is -0.261. The Morgan fingerprint density at radius 1 is 1.29 bits per heavy atom. The molecule has 2 nitrogen and oxygen atoms in total. The van der Waals surface area contributed by atoms with Gasteiger partial charge in [0, 0.05) is 28.3 Å². The van der Waals surface area contributed by atoms with E-state index in [-0.39, 0.29) is 11.9 Å². The van der Waals surface area contributed by atoms with Crippen molar-refractivity contribution in [3.8, 4) is 0 Å². The molecule has 0 aliphatic rings. The van der Waals surface area contributed by atoms with Gasteiger partial charge >= 0.3 is 0 Å². The Hall–Kier alpha value is -1.10. The average molecular weight is 372 g/mol. The van der Waals surface area contributed by atoms with E-state index in [9.17, 15) is 4.39 Å². The number of halogens is 3. The highest BCUT2D eigenvalue weighted by molar-refractivity contribution is 9.10. The monoisotopic (exact) mass is 370 g/mol. The number of likely N-dealkylation sites (N-methyl/N-ethyl adjacent to an activating group) is 1. The minimum atomic E-state index is -0.261. The van der Waals surface area contributed by atoms with Crippen LogP contribution in [-0.4, -0.2) is 13.1 Å². The summed E-state index contributed by atoms with van der Waals surface area (Å²) >= 11 is 9.73. The van der Waals surface area contributed by atoms with Crippen molar-refractivity contribution >= 4 is 33.2 Å². The van der Waals surface area contributed by atoms with Gasteiger partial charge in [0.15, 0.2) is 0 Å². The van der Waals surface area contributed by atoms with Gasteiger partial charge in [-0.1, -0.05) is 39.7 Å². The molecule has 0 aliphatic carbocycles. The molecule has 0 spiro atoms. The van der Waals surface area contributed by atoms with Crippen LogP contribution in [0, 0.1) is 5.82 Å². The third-order valence-corrected chi connectivity index (χ3v) is 4.22. The molecule has 0 aliphatic heterocycles. The Labute approximate surface area is 137 Å². The molecule has 0 saturated heterocycles. The molecule has 0 saturated carbocycles. The van der Waals surface area contributed by atoms with Crippen LogP contribution in [0.1, 0.15) is 18.5 Å². The zero-order valence-electron chi connectivity index (χ0n) is 11.7. The molecule has 0 aromatic heterocycles. The van der Waals surface area contributed by atoms with Crippen molar-refractivity contribution in [3.63, 3.8) is 0 Å². The van der Waals surface area contributed by atoms with Crippen LogP contribution in [0.15, 0.2) is 46.9 Å². The molecule has 2 rings (SSSR count). The fourth-order valence-electron chi connectivity index (χ4n) is 2.43. The first kappa shape index (κ1) is 16.3. The first-order valence-electron chi connectivity index (χ1n) is 6.74. The summed E-state index contributed by atoms with van der Waals surface area (Å²) in [5, 5.41) is 0.648. The zero-order chi connectivity index (χ0) is 15.4. The quantitative estimate of drug-likeness (QED) is 0.820. The van der Waals surface area contributed by atoms with Gasteiger partial charge < -0.3 is 10.6 Å². The van der Waals surface area contributed by atoms with Crippen molar-refractivity contribution in [1.82, 2.24) is 0 Å². The van der Waals surface area contributed by atoms with Gasteiger partial charge in [0.1, 0.15) is 5.82 Å². The van der Waals surface area contributed by atoms with Crippen LogP contribution >= 0.6 is 27.5 Å². The maximum Gasteiger partial charge on any atom is 0.125 e. The van der Waals surface area contributed by atoms with Crippen LogP contribution in [0.4, 0.5) is 10.1 Å². The zero-order valence-corrected chi connectivity index (χ0v) is 14.0. The highest BCUT2D eigenvalue weighted by Crippen LogP contribution is 2.32. The molecule has 0 fully saturated rings. The summed E-state index contributed by atoms with van der Waals surface area (Å²) in [6.07, 6.45) is 0. The average Bonchev–Trinajstić information content (AvgIpc) is 2.45. The van der Waals surface area contributed by atoms with Gasteiger partial charge in [-0.05, 0) is 42.8 Å². The van der Waals surface area contributed by atoms with Crippen LogP contribution in [0.3, 0.4) is 0 Å². The van der Waals surface area contributed by atoms with Crippen LogP contribution in [-0.2, 0) is 0 Å². The molecular formula is C16H17BrClFN2. The second-order valence-electron chi connectivity index (χ2n) is 4.68. The fourth-order valence-corrected chi connectivity index (χ4v) is 3.23. The molecule has 0 radical (unpaired) electrons. The van der Waals surface area contributed by atoms with E-state index >= 15 is 0 Å². The lowest BCUT2D eigenvalue weighted by molar-refractivity contribution is 0.616. The summed E-state index contributed by atoms with van der Waals surface area (Å²) in [5.41, 5.74) is 7.69. The maximum absolute atomic E-state index is 13.5. The topological polar surface area (TPSA) is 29.3 Å². The van der Waals surface area contributed by atoms with E-state index in [0.717, 1.165) is 15.7 Å². The van der Waals surface area contributed by atoms with Gasteiger partial charge in [0.05, 0.1) is 6.04 Å². The van der Waals surface area contributed by atoms with E-state index in [1.54, 1.807) is 6.07 Å². The number of nitrogens with zero attached hydrogens (tertiary/aromatic N) is 1. The van der Waals surface area contributed by atoms with Gasteiger partial charge in [0.2, 0.25) is 0 Å². The molecule has 2 aromatic carbocycles. The Kier molecular flexibility index (Phi) is 5.62. The molecule has 0 bridgehead atoms. The predicted molar refractivity (Wildman–Crippen MR) is 90.4 cm³/mol. The summed E-state index contributed by atoms with van der Waals surface area (Å²) in [6, 6.07) is 12.2. The molecule has 2 N–H and O–H groups in total. The molecule has 112 valence electrons. The van der Waals surface area contributed by atoms with Crippen molar-refractivity contribution in [3.05, 3.63) is 63.3 Å². The second kappa shape index (κ2) is 7.25. The summed E-state index contributed by atoms with van der Waals surface area (Å²) < 4.78 is 14.4. The number of anilines is 1. The normalized spacial score (nSPS) is 12.2. The molecule has 0 heterocycles. The number of nitrogens with two attached hydrogens (primary N) is 1. The van der Waals surface area contributed by atoms with E-state index in [1.165, 1.54) is 12.1 Å². The molecule has 2 aromatic rings. The van der Waals surface area contributed by atoms with Crippen molar-refractivity contribution in [2.24, 2.45) is 5.73 Å². The second-order valence-corrected chi connectivity index (χ2v) is 6.01. The van der Waals surface area contributed by atoms with Crippen molar-refractivity contribution in [2.45, 2.75) is 13.0 Å². The Morgan fingerprint density at radius 2 is 2.05 bits per heavy atom.